The highest BCUT2D eigenvalue weighted by atomic mass is 16.5. The number of rotatable bonds is 18. The molecule has 4 amide bonds. The molecule has 0 spiro atoms. The highest BCUT2D eigenvalue weighted by Gasteiger charge is 2.23. The second kappa shape index (κ2) is 16.1. The minimum atomic E-state index is -0.410. The van der Waals surface area contributed by atoms with Crippen LogP contribution in [0.5, 0.6) is 0 Å². The first-order valence-electron chi connectivity index (χ1n) is 10.3. The second-order valence-electron chi connectivity index (χ2n) is 6.80. The lowest BCUT2D eigenvalue weighted by Crippen LogP contribution is -2.35. The Balaban J connectivity index is 1.88. The van der Waals surface area contributed by atoms with Crippen LogP contribution < -0.4 is 16.0 Å². The molecule has 11 heteroatoms. The van der Waals surface area contributed by atoms with Crippen molar-refractivity contribution in [3.05, 3.63) is 12.2 Å². The van der Waals surface area contributed by atoms with E-state index in [1.54, 1.807) is 7.05 Å². The van der Waals surface area contributed by atoms with E-state index >= 15 is 0 Å². The number of likely N-dealkylation sites (N-methyl/N-ethyl adjacent to an activating group) is 1. The molecular weight excluding hydrogens is 408 g/mol. The van der Waals surface area contributed by atoms with Gasteiger partial charge in [-0.05, 0) is 26.3 Å². The third-order valence-corrected chi connectivity index (χ3v) is 4.44. The van der Waals surface area contributed by atoms with E-state index in [0.717, 1.165) is 30.4 Å². The predicted octanol–water partition coefficient (Wildman–Crippen LogP) is -1.48. The number of amides is 4. The molecular formula is C20H32N4O7. The number of hydrogen-bond donors (Lipinski definition) is 3. The Labute approximate surface area is 181 Å². The van der Waals surface area contributed by atoms with Crippen molar-refractivity contribution in [2.24, 2.45) is 0 Å². The SMILES string of the molecule is CNC(C=O)CCCCNC(=O)COCCOCCNC(=O)CCN1C(=O)C=CC1=O. The summed E-state index contributed by atoms with van der Waals surface area (Å²) in [5.41, 5.74) is 0. The minimum absolute atomic E-state index is 0.0323. The van der Waals surface area contributed by atoms with Crippen LogP contribution >= 0.6 is 0 Å². The van der Waals surface area contributed by atoms with Crippen molar-refractivity contribution >= 4 is 29.9 Å². The maximum atomic E-state index is 11.7. The first-order valence-corrected chi connectivity index (χ1v) is 10.3. The summed E-state index contributed by atoms with van der Waals surface area (Å²) in [5.74, 6) is -1.31. The van der Waals surface area contributed by atoms with E-state index in [1.165, 1.54) is 12.2 Å². The van der Waals surface area contributed by atoms with Gasteiger partial charge < -0.3 is 30.2 Å². The molecule has 0 bridgehead atoms. The highest BCUT2D eigenvalue weighted by molar-refractivity contribution is 6.13. The van der Waals surface area contributed by atoms with Gasteiger partial charge in [0.2, 0.25) is 11.8 Å². The summed E-state index contributed by atoms with van der Waals surface area (Å²) >= 11 is 0. The number of nitrogens with one attached hydrogen (secondary N) is 3. The second-order valence-corrected chi connectivity index (χ2v) is 6.80. The lowest BCUT2D eigenvalue weighted by atomic mass is 10.1. The van der Waals surface area contributed by atoms with E-state index < -0.39 is 11.8 Å². The van der Waals surface area contributed by atoms with Crippen molar-refractivity contribution in [3.8, 4) is 0 Å². The number of unbranched alkanes of at least 4 members (excludes halogenated alkanes) is 1. The van der Waals surface area contributed by atoms with Crippen LogP contribution in [0.2, 0.25) is 0 Å². The molecule has 174 valence electrons. The summed E-state index contributed by atoms with van der Waals surface area (Å²) in [6.07, 6.45) is 5.62. The van der Waals surface area contributed by atoms with E-state index in [1.807, 2.05) is 0 Å². The maximum Gasteiger partial charge on any atom is 0.253 e. The van der Waals surface area contributed by atoms with Gasteiger partial charge >= 0.3 is 0 Å². The third-order valence-electron chi connectivity index (χ3n) is 4.44. The lowest BCUT2D eigenvalue weighted by molar-refractivity contribution is -0.137. The topological polar surface area (TPSA) is 143 Å². The van der Waals surface area contributed by atoms with Gasteiger partial charge in [0.25, 0.3) is 11.8 Å². The molecule has 1 aliphatic heterocycles. The van der Waals surface area contributed by atoms with Crippen molar-refractivity contribution in [2.75, 3.05) is 53.1 Å². The molecule has 11 nitrogen and oxygen atoms in total. The van der Waals surface area contributed by atoms with Crippen LogP contribution in [0.25, 0.3) is 0 Å². The zero-order chi connectivity index (χ0) is 22.9. The van der Waals surface area contributed by atoms with Gasteiger partial charge in [-0.3, -0.25) is 24.1 Å². The van der Waals surface area contributed by atoms with Crippen LogP contribution in [0.15, 0.2) is 12.2 Å². The van der Waals surface area contributed by atoms with E-state index in [-0.39, 0.29) is 63.8 Å². The van der Waals surface area contributed by atoms with Crippen molar-refractivity contribution in [3.63, 3.8) is 0 Å². The molecule has 0 fully saturated rings. The molecule has 31 heavy (non-hydrogen) atoms. The Morgan fingerprint density at radius 3 is 2.35 bits per heavy atom. The first-order chi connectivity index (χ1) is 15.0. The Hall–Kier alpha value is -2.63. The summed E-state index contributed by atoms with van der Waals surface area (Å²) in [7, 11) is 1.74. The Morgan fingerprint density at radius 1 is 1.00 bits per heavy atom. The number of imide groups is 1. The van der Waals surface area contributed by atoms with Gasteiger partial charge in [0.05, 0.1) is 25.9 Å². The van der Waals surface area contributed by atoms with Crippen LogP contribution in [-0.2, 0) is 33.4 Å². The number of carbonyl (C=O) groups excluding carboxylic acids is 5. The molecule has 0 aromatic rings. The van der Waals surface area contributed by atoms with E-state index in [9.17, 15) is 24.0 Å². The van der Waals surface area contributed by atoms with Gasteiger partial charge in [-0.25, -0.2) is 0 Å². The van der Waals surface area contributed by atoms with Crippen molar-refractivity contribution in [1.82, 2.24) is 20.9 Å². The molecule has 1 aliphatic rings. The molecule has 0 saturated carbocycles. The smallest absolute Gasteiger partial charge is 0.253 e. The number of hydrogen-bond acceptors (Lipinski definition) is 8. The van der Waals surface area contributed by atoms with Crippen LogP contribution in [0.3, 0.4) is 0 Å². The average molecular weight is 440 g/mol. The fraction of sp³-hybridized carbons (Fsp3) is 0.650. The zero-order valence-corrected chi connectivity index (χ0v) is 17.9. The number of aldehydes is 1. The molecule has 0 radical (unpaired) electrons. The van der Waals surface area contributed by atoms with Crippen molar-refractivity contribution in [2.45, 2.75) is 31.7 Å². The van der Waals surface area contributed by atoms with Gasteiger partial charge in [-0.1, -0.05) is 0 Å². The van der Waals surface area contributed by atoms with E-state index in [4.69, 9.17) is 9.47 Å². The van der Waals surface area contributed by atoms with Gasteiger partial charge in [0.1, 0.15) is 12.9 Å². The molecule has 0 aromatic carbocycles. The maximum absolute atomic E-state index is 11.7. The summed E-state index contributed by atoms with van der Waals surface area (Å²) in [5, 5.41) is 8.27. The zero-order valence-electron chi connectivity index (χ0n) is 17.9. The Morgan fingerprint density at radius 2 is 1.68 bits per heavy atom. The molecule has 0 aromatic heterocycles. The van der Waals surface area contributed by atoms with E-state index in [0.29, 0.717) is 6.54 Å². The molecule has 0 aliphatic carbocycles. The van der Waals surface area contributed by atoms with Crippen LogP contribution in [0, 0.1) is 0 Å². The summed E-state index contributed by atoms with van der Waals surface area (Å²) in [6.45, 7) is 1.61. The fourth-order valence-corrected chi connectivity index (χ4v) is 2.65. The highest BCUT2D eigenvalue weighted by Crippen LogP contribution is 2.03. The normalized spacial score (nSPS) is 14.0. The third kappa shape index (κ3) is 12.0. The number of ether oxygens (including phenoxy) is 2. The molecule has 0 saturated heterocycles. The van der Waals surface area contributed by atoms with Gasteiger partial charge in [0, 0.05) is 38.2 Å². The monoisotopic (exact) mass is 440 g/mol. The van der Waals surface area contributed by atoms with Crippen LogP contribution in [-0.4, -0.2) is 94.0 Å². The Kier molecular flexibility index (Phi) is 13.7. The molecule has 1 unspecified atom stereocenters. The number of nitrogens with zero attached hydrogens (tertiary/aromatic N) is 1. The average Bonchev–Trinajstić information content (AvgIpc) is 3.08. The molecule has 1 heterocycles. The first kappa shape index (κ1) is 26.4. The van der Waals surface area contributed by atoms with Gasteiger partial charge in [-0.15, -0.1) is 0 Å². The molecule has 3 N–H and O–H groups in total. The van der Waals surface area contributed by atoms with Crippen LogP contribution in [0.1, 0.15) is 25.7 Å². The quantitative estimate of drug-likeness (QED) is 0.133. The summed E-state index contributed by atoms with van der Waals surface area (Å²) in [4.78, 5) is 57.7. The van der Waals surface area contributed by atoms with Crippen molar-refractivity contribution < 1.29 is 33.4 Å². The largest absolute Gasteiger partial charge is 0.377 e. The minimum Gasteiger partial charge on any atom is -0.377 e. The van der Waals surface area contributed by atoms with Gasteiger partial charge in [0.15, 0.2) is 0 Å². The predicted molar refractivity (Wildman–Crippen MR) is 111 cm³/mol. The van der Waals surface area contributed by atoms with Crippen molar-refractivity contribution in [1.29, 1.82) is 0 Å². The Bertz CT molecular complexity index is 621. The van der Waals surface area contributed by atoms with E-state index in [2.05, 4.69) is 16.0 Å². The standard InChI is InChI=1S/C20H32N4O7/c1-21-16(14-25)4-2-3-8-22-18(27)15-31-13-12-30-11-9-23-17(26)7-10-24-19(28)5-6-20(24)29/h5-6,14,16,21H,2-4,7-13,15H2,1H3,(H,22,27)(H,23,26). The van der Waals surface area contributed by atoms with Crippen LogP contribution in [0.4, 0.5) is 0 Å². The lowest BCUT2D eigenvalue weighted by Gasteiger charge is -2.13. The summed E-state index contributed by atoms with van der Waals surface area (Å²) in [6, 6.07) is -0.142. The van der Waals surface area contributed by atoms with Gasteiger partial charge in [-0.2, -0.15) is 0 Å². The molecule has 1 rings (SSSR count). The summed E-state index contributed by atoms with van der Waals surface area (Å²) < 4.78 is 10.5. The fourth-order valence-electron chi connectivity index (χ4n) is 2.65. The number of carbonyl (C=O) groups is 5. The molecule has 1 atom stereocenters.